The Morgan fingerprint density at radius 3 is 2.69 bits per heavy atom. The molecule has 0 aliphatic heterocycles. The van der Waals surface area contributed by atoms with Gasteiger partial charge in [-0.05, 0) is 0 Å². The molecule has 1 aromatic heterocycles. The van der Waals surface area contributed by atoms with Gasteiger partial charge in [0.15, 0.2) is 0 Å². The van der Waals surface area contributed by atoms with Crippen LogP contribution in [0, 0.1) is 10.1 Å². The summed E-state index contributed by atoms with van der Waals surface area (Å²) < 4.78 is 0. The van der Waals surface area contributed by atoms with Crippen LogP contribution in [0.4, 0.5) is 11.5 Å². The van der Waals surface area contributed by atoms with Crippen molar-refractivity contribution >= 4 is 24.1 Å². The van der Waals surface area contributed by atoms with E-state index >= 15 is 0 Å². The maximum absolute atomic E-state index is 10.3. The van der Waals surface area contributed by atoms with E-state index in [4.69, 9.17) is 15.8 Å². The molecule has 4 N–H and O–H groups in total. The highest BCUT2D eigenvalue weighted by Crippen LogP contribution is 2.15. The van der Waals surface area contributed by atoms with Crippen molar-refractivity contribution in [3.63, 3.8) is 0 Å². The van der Waals surface area contributed by atoms with Crippen LogP contribution in [0.15, 0.2) is 12.3 Å². The number of hydrogen-bond acceptors (Lipinski definition) is 6. The van der Waals surface area contributed by atoms with Gasteiger partial charge in [-0.15, -0.1) is 0 Å². The summed E-state index contributed by atoms with van der Waals surface area (Å²) in [5, 5.41) is 27.7. The second kappa shape index (κ2) is 3.38. The Balaban J connectivity index is 3.19. The summed E-state index contributed by atoms with van der Waals surface area (Å²) in [4.78, 5) is 13.0. The summed E-state index contributed by atoms with van der Waals surface area (Å²) in [6.07, 6.45) is 1.06. The van der Waals surface area contributed by atoms with Crippen LogP contribution in [0.5, 0.6) is 0 Å². The van der Waals surface area contributed by atoms with Gasteiger partial charge in [0.1, 0.15) is 0 Å². The van der Waals surface area contributed by atoms with Crippen molar-refractivity contribution in [2.75, 3.05) is 5.73 Å². The van der Waals surface area contributed by atoms with Crippen molar-refractivity contribution < 1.29 is 15.0 Å². The molecular formula is C5H6BN3O4. The number of nitro groups is 1. The molecule has 0 amide bonds. The number of aromatic nitrogens is 1. The lowest BCUT2D eigenvalue weighted by Crippen LogP contribution is -2.30. The summed E-state index contributed by atoms with van der Waals surface area (Å²) in [5.74, 6) is -0.255. The fraction of sp³-hybridized carbons (Fsp3) is 0. The summed E-state index contributed by atoms with van der Waals surface area (Å²) in [6.45, 7) is 0. The molecule has 0 radical (unpaired) electrons. The van der Waals surface area contributed by atoms with E-state index < -0.39 is 17.7 Å². The largest absolute Gasteiger partial charge is 0.490 e. The molecule has 1 rings (SSSR count). The molecule has 8 heteroatoms. The van der Waals surface area contributed by atoms with E-state index in [-0.39, 0.29) is 11.3 Å². The summed E-state index contributed by atoms with van der Waals surface area (Å²) in [7, 11) is -1.79. The van der Waals surface area contributed by atoms with Crippen LogP contribution in [0.1, 0.15) is 0 Å². The van der Waals surface area contributed by atoms with Gasteiger partial charge in [0.2, 0.25) is 5.82 Å². The molecule has 0 saturated heterocycles. The molecule has 1 heterocycles. The van der Waals surface area contributed by atoms with Crippen molar-refractivity contribution in [3.8, 4) is 0 Å². The maximum Gasteiger partial charge on any atom is 0.490 e. The first-order valence-electron chi connectivity index (χ1n) is 3.28. The smallest absolute Gasteiger partial charge is 0.423 e. The van der Waals surface area contributed by atoms with Gasteiger partial charge in [-0.1, -0.05) is 0 Å². The number of nitrogens with zero attached hydrogens (tertiary/aromatic N) is 2. The predicted molar refractivity (Wildman–Crippen MR) is 45.1 cm³/mol. The highest BCUT2D eigenvalue weighted by Gasteiger charge is 2.19. The first-order valence-corrected chi connectivity index (χ1v) is 3.28. The Bertz CT molecular complexity index is 343. The van der Waals surface area contributed by atoms with Crippen molar-refractivity contribution in [2.45, 2.75) is 0 Å². The zero-order chi connectivity index (χ0) is 10.0. The average molecular weight is 183 g/mol. The van der Waals surface area contributed by atoms with Crippen molar-refractivity contribution in [1.29, 1.82) is 0 Å². The summed E-state index contributed by atoms with van der Waals surface area (Å²) >= 11 is 0. The van der Waals surface area contributed by atoms with Gasteiger partial charge in [0.25, 0.3) is 0 Å². The quantitative estimate of drug-likeness (QED) is 0.284. The maximum atomic E-state index is 10.3. The summed E-state index contributed by atoms with van der Waals surface area (Å²) in [5.41, 5.74) is 4.67. The molecular weight excluding hydrogens is 177 g/mol. The zero-order valence-electron chi connectivity index (χ0n) is 6.41. The minimum absolute atomic E-state index is 0.0686. The molecule has 0 spiro atoms. The topological polar surface area (TPSA) is 123 Å². The number of pyridine rings is 1. The van der Waals surface area contributed by atoms with E-state index in [0.29, 0.717) is 0 Å². The first-order chi connectivity index (χ1) is 6.02. The fourth-order valence-electron chi connectivity index (χ4n) is 0.767. The normalized spacial score (nSPS) is 9.69. The van der Waals surface area contributed by atoms with Gasteiger partial charge >= 0.3 is 12.8 Å². The molecule has 0 aliphatic rings. The molecule has 0 fully saturated rings. The minimum Gasteiger partial charge on any atom is -0.423 e. The lowest BCUT2D eigenvalue weighted by molar-refractivity contribution is -0.384. The number of nitrogens with two attached hydrogens (primary N) is 1. The van der Waals surface area contributed by atoms with Gasteiger partial charge in [-0.2, -0.15) is 0 Å². The third kappa shape index (κ3) is 1.92. The third-order valence-corrected chi connectivity index (χ3v) is 1.41. The van der Waals surface area contributed by atoms with Crippen LogP contribution in [0.25, 0.3) is 0 Å². The lowest BCUT2D eigenvalue weighted by Gasteiger charge is -1.99. The highest BCUT2D eigenvalue weighted by atomic mass is 16.6. The molecule has 0 atom stereocenters. The Morgan fingerprint density at radius 1 is 1.62 bits per heavy atom. The Labute approximate surface area is 73.1 Å². The molecule has 0 saturated carbocycles. The minimum atomic E-state index is -1.79. The molecule has 1 aromatic rings. The van der Waals surface area contributed by atoms with Crippen LogP contribution in [-0.2, 0) is 0 Å². The Kier molecular flexibility index (Phi) is 2.45. The Morgan fingerprint density at radius 2 is 2.23 bits per heavy atom. The van der Waals surface area contributed by atoms with E-state index in [0.717, 1.165) is 12.3 Å². The van der Waals surface area contributed by atoms with Crippen LogP contribution < -0.4 is 11.2 Å². The van der Waals surface area contributed by atoms with E-state index in [9.17, 15) is 10.1 Å². The van der Waals surface area contributed by atoms with Crippen molar-refractivity contribution in [1.82, 2.24) is 4.98 Å². The number of nitrogen functional groups attached to an aromatic ring is 1. The molecule has 0 aliphatic carbocycles. The predicted octanol–water partition coefficient (Wildman–Crippen LogP) is -1.75. The number of rotatable bonds is 2. The van der Waals surface area contributed by atoms with Crippen LogP contribution in [-0.4, -0.2) is 27.1 Å². The van der Waals surface area contributed by atoms with Gasteiger partial charge in [-0.3, -0.25) is 10.1 Å². The summed E-state index contributed by atoms with van der Waals surface area (Å²) in [6, 6.07) is 0.965. The first kappa shape index (κ1) is 9.42. The van der Waals surface area contributed by atoms with Crippen LogP contribution in [0.2, 0.25) is 0 Å². The van der Waals surface area contributed by atoms with Gasteiger partial charge in [-0.25, -0.2) is 4.98 Å². The average Bonchev–Trinajstić information content (AvgIpc) is 2.04. The number of hydrogen-bond donors (Lipinski definition) is 3. The fourth-order valence-corrected chi connectivity index (χ4v) is 0.767. The van der Waals surface area contributed by atoms with Crippen molar-refractivity contribution in [2.24, 2.45) is 0 Å². The van der Waals surface area contributed by atoms with Gasteiger partial charge in [0.05, 0.1) is 4.92 Å². The molecule has 0 unspecified atom stereocenters. The molecule has 68 valence electrons. The van der Waals surface area contributed by atoms with E-state index in [1.807, 2.05) is 0 Å². The highest BCUT2D eigenvalue weighted by molar-refractivity contribution is 6.58. The standard InChI is InChI=1S/C5H6BN3O4/c7-5-4(9(12)13)1-3(2-8-5)6(10)11/h1-2,10-11H,(H2,7,8). The number of anilines is 1. The van der Waals surface area contributed by atoms with Crippen molar-refractivity contribution in [3.05, 3.63) is 22.4 Å². The molecule has 0 aromatic carbocycles. The van der Waals surface area contributed by atoms with Gasteiger partial charge < -0.3 is 15.8 Å². The third-order valence-electron chi connectivity index (χ3n) is 1.41. The molecule has 0 bridgehead atoms. The Hall–Kier alpha value is -1.67. The van der Waals surface area contributed by atoms with E-state index in [1.54, 1.807) is 0 Å². The van der Waals surface area contributed by atoms with E-state index in [1.165, 1.54) is 0 Å². The van der Waals surface area contributed by atoms with Crippen LogP contribution in [0.3, 0.4) is 0 Å². The molecule has 13 heavy (non-hydrogen) atoms. The second-order valence-corrected chi connectivity index (χ2v) is 2.30. The molecule has 7 nitrogen and oxygen atoms in total. The SMILES string of the molecule is Nc1ncc(B(O)O)cc1[N+](=O)[O-]. The monoisotopic (exact) mass is 183 g/mol. The lowest BCUT2D eigenvalue weighted by atomic mass is 9.81. The van der Waals surface area contributed by atoms with E-state index in [2.05, 4.69) is 4.98 Å². The zero-order valence-corrected chi connectivity index (χ0v) is 6.41. The van der Waals surface area contributed by atoms with Gasteiger partial charge in [0, 0.05) is 17.7 Å². The van der Waals surface area contributed by atoms with Crippen LogP contribution >= 0.6 is 0 Å². The second-order valence-electron chi connectivity index (χ2n) is 2.30.